The van der Waals surface area contributed by atoms with Crippen molar-refractivity contribution in [2.75, 3.05) is 0 Å². The number of carboxylic acid groups (broad SMARTS) is 1. The van der Waals surface area contributed by atoms with E-state index in [-0.39, 0.29) is 12.1 Å². The van der Waals surface area contributed by atoms with E-state index in [9.17, 15) is 18.8 Å². The maximum absolute atomic E-state index is 14.1. The molecule has 0 saturated carbocycles. The number of fused-ring (bicyclic) bond motifs is 1. The third-order valence-electron chi connectivity index (χ3n) is 4.25. The van der Waals surface area contributed by atoms with Gasteiger partial charge in [0.05, 0.1) is 12.1 Å². The summed E-state index contributed by atoms with van der Waals surface area (Å²) in [5.41, 5.74) is 0.244. The largest absolute Gasteiger partial charge is 0.480 e. The number of para-hydroxylation sites is 1. The number of aromatic nitrogens is 1. The molecule has 3 aromatic rings. The van der Waals surface area contributed by atoms with Crippen LogP contribution in [0.25, 0.3) is 10.9 Å². The number of carboxylic acids is 1. The van der Waals surface area contributed by atoms with E-state index >= 15 is 0 Å². The highest BCUT2D eigenvalue weighted by molar-refractivity contribution is 5.99. The summed E-state index contributed by atoms with van der Waals surface area (Å²) in [6, 6.07) is 11.8. The molecule has 0 spiro atoms. The van der Waals surface area contributed by atoms with Crippen LogP contribution in [0.4, 0.5) is 4.39 Å². The number of carbonyl (C=O) groups excluding carboxylic acids is 1. The number of pyridine rings is 1. The lowest BCUT2D eigenvalue weighted by Gasteiger charge is -2.15. The first-order valence-corrected chi connectivity index (χ1v) is 8.27. The first-order chi connectivity index (χ1) is 12.9. The molecule has 0 bridgehead atoms. The molecule has 1 aromatic heterocycles. The molecule has 0 radical (unpaired) electrons. The molecule has 0 aliphatic rings. The molecule has 2 aromatic carbocycles. The van der Waals surface area contributed by atoms with Crippen LogP contribution in [0.3, 0.4) is 0 Å². The zero-order valence-corrected chi connectivity index (χ0v) is 14.5. The van der Waals surface area contributed by atoms with Crippen LogP contribution in [0.15, 0.2) is 59.5 Å². The van der Waals surface area contributed by atoms with E-state index < -0.39 is 29.2 Å². The van der Waals surface area contributed by atoms with Gasteiger partial charge < -0.3 is 15.0 Å². The predicted molar refractivity (Wildman–Crippen MR) is 98.3 cm³/mol. The van der Waals surface area contributed by atoms with E-state index in [0.29, 0.717) is 16.5 Å². The molecule has 0 aliphatic carbocycles. The Morgan fingerprint density at radius 1 is 1.15 bits per heavy atom. The van der Waals surface area contributed by atoms with Crippen LogP contribution in [0.2, 0.25) is 0 Å². The summed E-state index contributed by atoms with van der Waals surface area (Å²) in [7, 11) is 0. The number of nitrogens with zero attached hydrogens (tertiary/aromatic N) is 1. The SMILES string of the molecule is CC(NC(=O)c1cn(Cc2ccccc2F)c2ccccc2c1=O)C(=O)O. The highest BCUT2D eigenvalue weighted by Gasteiger charge is 2.20. The molecule has 3 rings (SSSR count). The predicted octanol–water partition coefficient (Wildman–Crippen LogP) is 2.39. The van der Waals surface area contributed by atoms with Crippen molar-refractivity contribution in [1.29, 1.82) is 0 Å². The number of hydrogen-bond donors (Lipinski definition) is 2. The van der Waals surface area contributed by atoms with Crippen molar-refractivity contribution in [3.63, 3.8) is 0 Å². The lowest BCUT2D eigenvalue weighted by atomic mass is 10.1. The van der Waals surface area contributed by atoms with Crippen LogP contribution < -0.4 is 10.7 Å². The van der Waals surface area contributed by atoms with Crippen LogP contribution in [0.1, 0.15) is 22.8 Å². The minimum Gasteiger partial charge on any atom is -0.480 e. The summed E-state index contributed by atoms with van der Waals surface area (Å²) < 4.78 is 15.7. The standard InChI is InChI=1S/C20H17FN2O4/c1-12(20(26)27)22-19(25)15-11-23(10-13-6-2-4-8-16(13)21)17-9-5-3-7-14(17)18(15)24/h2-9,11-12H,10H2,1H3,(H,22,25)(H,26,27). The number of rotatable bonds is 5. The monoisotopic (exact) mass is 368 g/mol. The number of halogens is 1. The van der Waals surface area contributed by atoms with E-state index in [2.05, 4.69) is 5.32 Å². The van der Waals surface area contributed by atoms with Gasteiger partial charge in [-0.1, -0.05) is 30.3 Å². The molecule has 1 atom stereocenters. The first kappa shape index (κ1) is 18.3. The van der Waals surface area contributed by atoms with Crippen molar-refractivity contribution >= 4 is 22.8 Å². The smallest absolute Gasteiger partial charge is 0.325 e. The Hall–Kier alpha value is -3.48. The fraction of sp³-hybridized carbons (Fsp3) is 0.150. The minimum absolute atomic E-state index is 0.113. The number of benzene rings is 2. The van der Waals surface area contributed by atoms with E-state index in [1.165, 1.54) is 19.2 Å². The van der Waals surface area contributed by atoms with Crippen LogP contribution in [0, 0.1) is 5.82 Å². The van der Waals surface area contributed by atoms with E-state index in [4.69, 9.17) is 5.11 Å². The summed E-state index contributed by atoms with van der Waals surface area (Å²) in [4.78, 5) is 36.1. The summed E-state index contributed by atoms with van der Waals surface area (Å²) in [6.45, 7) is 1.42. The van der Waals surface area contributed by atoms with Gasteiger partial charge in [0.25, 0.3) is 5.91 Å². The summed E-state index contributed by atoms with van der Waals surface area (Å²) in [5, 5.41) is 11.5. The number of hydrogen-bond acceptors (Lipinski definition) is 3. The molecule has 0 aliphatic heterocycles. The van der Waals surface area contributed by atoms with Crippen molar-refractivity contribution in [2.45, 2.75) is 19.5 Å². The number of aliphatic carboxylic acids is 1. The van der Waals surface area contributed by atoms with E-state index in [0.717, 1.165) is 0 Å². The third kappa shape index (κ3) is 3.72. The van der Waals surface area contributed by atoms with Gasteiger partial charge in [-0.15, -0.1) is 0 Å². The molecule has 2 N–H and O–H groups in total. The highest BCUT2D eigenvalue weighted by atomic mass is 19.1. The summed E-state index contributed by atoms with van der Waals surface area (Å²) >= 11 is 0. The third-order valence-corrected chi connectivity index (χ3v) is 4.25. The lowest BCUT2D eigenvalue weighted by molar-refractivity contribution is -0.138. The molecule has 0 saturated heterocycles. The van der Waals surface area contributed by atoms with E-state index in [1.54, 1.807) is 47.0 Å². The van der Waals surface area contributed by atoms with Gasteiger partial charge in [-0.3, -0.25) is 14.4 Å². The quantitative estimate of drug-likeness (QED) is 0.724. The normalized spacial score (nSPS) is 11.9. The minimum atomic E-state index is -1.21. The Morgan fingerprint density at radius 2 is 1.81 bits per heavy atom. The van der Waals surface area contributed by atoms with Crippen molar-refractivity contribution in [3.05, 3.63) is 81.9 Å². The van der Waals surface area contributed by atoms with Crippen molar-refractivity contribution in [3.8, 4) is 0 Å². The fourth-order valence-electron chi connectivity index (χ4n) is 2.78. The van der Waals surface area contributed by atoms with Gasteiger partial charge in [-0.2, -0.15) is 0 Å². The molecule has 1 amide bonds. The summed E-state index contributed by atoms with van der Waals surface area (Å²) in [5.74, 6) is -2.40. The van der Waals surface area contributed by atoms with Crippen molar-refractivity contribution < 1.29 is 19.1 Å². The molecular formula is C20H17FN2O4. The van der Waals surface area contributed by atoms with Gasteiger partial charge in [0.1, 0.15) is 17.4 Å². The second-order valence-electron chi connectivity index (χ2n) is 6.14. The van der Waals surface area contributed by atoms with Gasteiger partial charge in [-0.25, -0.2) is 4.39 Å². The van der Waals surface area contributed by atoms with Gasteiger partial charge in [0.15, 0.2) is 0 Å². The Balaban J connectivity index is 2.12. The molecule has 138 valence electrons. The average Bonchev–Trinajstić information content (AvgIpc) is 2.65. The molecule has 1 heterocycles. The highest BCUT2D eigenvalue weighted by Crippen LogP contribution is 2.16. The average molecular weight is 368 g/mol. The van der Waals surface area contributed by atoms with Crippen LogP contribution in [0.5, 0.6) is 0 Å². The molecule has 7 heteroatoms. The maximum Gasteiger partial charge on any atom is 0.325 e. The zero-order chi connectivity index (χ0) is 19.6. The van der Waals surface area contributed by atoms with Gasteiger partial charge in [0, 0.05) is 17.1 Å². The second-order valence-corrected chi connectivity index (χ2v) is 6.14. The number of carbonyl (C=O) groups is 2. The van der Waals surface area contributed by atoms with Gasteiger partial charge >= 0.3 is 5.97 Å². The Morgan fingerprint density at radius 3 is 2.52 bits per heavy atom. The Bertz CT molecular complexity index is 1090. The molecule has 0 fully saturated rings. The van der Waals surface area contributed by atoms with Crippen molar-refractivity contribution in [2.24, 2.45) is 0 Å². The first-order valence-electron chi connectivity index (χ1n) is 8.27. The number of nitrogens with one attached hydrogen (secondary N) is 1. The molecule has 6 nitrogen and oxygen atoms in total. The second kappa shape index (κ2) is 7.41. The van der Waals surface area contributed by atoms with Crippen molar-refractivity contribution in [1.82, 2.24) is 9.88 Å². The fourth-order valence-corrected chi connectivity index (χ4v) is 2.78. The lowest BCUT2D eigenvalue weighted by Crippen LogP contribution is -2.40. The maximum atomic E-state index is 14.1. The Labute approximate surface area is 153 Å². The van der Waals surface area contributed by atoms with Crippen LogP contribution in [-0.4, -0.2) is 27.6 Å². The van der Waals surface area contributed by atoms with Gasteiger partial charge in [0.2, 0.25) is 5.43 Å². The zero-order valence-electron chi connectivity index (χ0n) is 14.5. The summed E-state index contributed by atoms with van der Waals surface area (Å²) in [6.07, 6.45) is 1.33. The van der Waals surface area contributed by atoms with Crippen LogP contribution in [-0.2, 0) is 11.3 Å². The Kier molecular flexibility index (Phi) is 5.03. The molecule has 1 unspecified atom stereocenters. The topological polar surface area (TPSA) is 88.4 Å². The number of amides is 1. The molecular weight excluding hydrogens is 351 g/mol. The van der Waals surface area contributed by atoms with E-state index in [1.807, 2.05) is 0 Å². The van der Waals surface area contributed by atoms with Crippen LogP contribution >= 0.6 is 0 Å². The molecule has 27 heavy (non-hydrogen) atoms. The van der Waals surface area contributed by atoms with Gasteiger partial charge in [-0.05, 0) is 25.1 Å².